The lowest BCUT2D eigenvalue weighted by atomic mass is 9.49. The van der Waals surface area contributed by atoms with Crippen molar-refractivity contribution in [1.29, 1.82) is 0 Å². The summed E-state index contributed by atoms with van der Waals surface area (Å²) in [5.74, 6) is 0.260. The summed E-state index contributed by atoms with van der Waals surface area (Å²) in [6, 6.07) is 10.0. The second kappa shape index (κ2) is 3.31. The van der Waals surface area contributed by atoms with Gasteiger partial charge in [0.1, 0.15) is 0 Å². The molecule has 1 aromatic carbocycles. The van der Waals surface area contributed by atoms with E-state index in [0.29, 0.717) is 0 Å². The highest BCUT2D eigenvalue weighted by Crippen LogP contribution is 2.58. The van der Waals surface area contributed by atoms with Crippen LogP contribution in [0.5, 0.6) is 0 Å². The molecule has 3 N–H and O–H groups in total. The summed E-state index contributed by atoms with van der Waals surface area (Å²) in [6.07, 6.45) is 5.31. The molecule has 0 heterocycles. The van der Waals surface area contributed by atoms with Crippen molar-refractivity contribution in [2.75, 3.05) is 0 Å². The normalized spacial score (nSPS) is 42.2. The molecule has 3 rings (SSSR count). The SMILES string of the molecule is NC12CCCCC1C(O)(c1ccccc1)C2. The molecule has 2 saturated carbocycles. The topological polar surface area (TPSA) is 46.2 Å². The lowest BCUT2D eigenvalue weighted by molar-refractivity contribution is -0.175. The fraction of sp³-hybridized carbons (Fsp3) is 0.571. The summed E-state index contributed by atoms with van der Waals surface area (Å²) in [5.41, 5.74) is 6.65. The minimum atomic E-state index is -0.656. The minimum Gasteiger partial charge on any atom is -0.385 e. The molecule has 3 unspecified atom stereocenters. The van der Waals surface area contributed by atoms with Gasteiger partial charge in [-0.3, -0.25) is 0 Å². The predicted octanol–water partition coefficient (Wildman–Crippen LogP) is 2.17. The van der Waals surface area contributed by atoms with E-state index in [1.165, 1.54) is 12.8 Å². The number of benzene rings is 1. The third-order valence-electron chi connectivity index (χ3n) is 4.53. The Kier molecular flexibility index (Phi) is 2.13. The van der Waals surface area contributed by atoms with Crippen molar-refractivity contribution in [3.05, 3.63) is 35.9 Å². The fourth-order valence-electron chi connectivity index (χ4n) is 3.71. The third-order valence-corrected chi connectivity index (χ3v) is 4.53. The summed E-state index contributed by atoms with van der Waals surface area (Å²) >= 11 is 0. The van der Waals surface area contributed by atoms with Gasteiger partial charge in [0.25, 0.3) is 0 Å². The van der Waals surface area contributed by atoms with E-state index in [4.69, 9.17) is 5.73 Å². The van der Waals surface area contributed by atoms with Gasteiger partial charge in [0.2, 0.25) is 0 Å². The van der Waals surface area contributed by atoms with Crippen LogP contribution in [0.3, 0.4) is 0 Å². The zero-order chi connectivity index (χ0) is 11.2. The van der Waals surface area contributed by atoms with Crippen molar-refractivity contribution in [3.63, 3.8) is 0 Å². The van der Waals surface area contributed by atoms with Gasteiger partial charge in [-0.25, -0.2) is 0 Å². The monoisotopic (exact) mass is 217 g/mol. The first-order valence-corrected chi connectivity index (χ1v) is 6.22. The smallest absolute Gasteiger partial charge is 0.0959 e. The van der Waals surface area contributed by atoms with Crippen LogP contribution in [0, 0.1) is 5.92 Å². The van der Waals surface area contributed by atoms with Gasteiger partial charge in [0, 0.05) is 11.5 Å². The number of nitrogens with two attached hydrogens (primary N) is 1. The molecule has 2 aliphatic carbocycles. The summed E-state index contributed by atoms with van der Waals surface area (Å²) < 4.78 is 0. The number of rotatable bonds is 1. The number of aliphatic hydroxyl groups is 1. The molecule has 0 amide bonds. The Morgan fingerprint density at radius 1 is 1.19 bits per heavy atom. The molecule has 2 fully saturated rings. The molecule has 0 bridgehead atoms. The first kappa shape index (κ1) is 10.3. The molecule has 3 atom stereocenters. The third kappa shape index (κ3) is 1.26. The fourth-order valence-corrected chi connectivity index (χ4v) is 3.71. The second-order valence-corrected chi connectivity index (χ2v) is 5.50. The van der Waals surface area contributed by atoms with Crippen molar-refractivity contribution >= 4 is 0 Å². The molecule has 2 heteroatoms. The van der Waals surface area contributed by atoms with E-state index in [1.54, 1.807) is 0 Å². The van der Waals surface area contributed by atoms with Crippen molar-refractivity contribution in [2.24, 2.45) is 11.7 Å². The highest BCUT2D eigenvalue weighted by Gasteiger charge is 2.61. The highest BCUT2D eigenvalue weighted by molar-refractivity contribution is 5.31. The minimum absolute atomic E-state index is 0.0944. The molecule has 16 heavy (non-hydrogen) atoms. The zero-order valence-corrected chi connectivity index (χ0v) is 9.52. The first-order valence-electron chi connectivity index (χ1n) is 6.22. The maximum Gasteiger partial charge on any atom is 0.0959 e. The van der Waals surface area contributed by atoms with Crippen LogP contribution in [-0.2, 0) is 5.60 Å². The van der Waals surface area contributed by atoms with Gasteiger partial charge in [0.05, 0.1) is 5.60 Å². The Labute approximate surface area is 96.5 Å². The zero-order valence-electron chi connectivity index (χ0n) is 9.52. The standard InChI is InChI=1S/C14H19NO/c15-13-9-5-4-8-12(13)14(16,10-13)11-6-2-1-3-7-11/h1-3,6-7,12,16H,4-5,8-10,15H2. The average Bonchev–Trinajstić information content (AvgIpc) is 2.29. The van der Waals surface area contributed by atoms with Crippen LogP contribution in [0.15, 0.2) is 30.3 Å². The van der Waals surface area contributed by atoms with Gasteiger partial charge >= 0.3 is 0 Å². The van der Waals surface area contributed by atoms with Crippen molar-refractivity contribution in [2.45, 2.75) is 43.2 Å². The van der Waals surface area contributed by atoms with Crippen molar-refractivity contribution in [3.8, 4) is 0 Å². The Balaban J connectivity index is 1.92. The first-order chi connectivity index (χ1) is 7.65. The Bertz CT molecular complexity index is 391. The lowest BCUT2D eigenvalue weighted by Crippen LogP contribution is -2.69. The number of hydrogen-bond acceptors (Lipinski definition) is 2. The molecule has 86 valence electrons. The van der Waals surface area contributed by atoms with Gasteiger partial charge in [-0.05, 0) is 24.8 Å². The van der Waals surface area contributed by atoms with Crippen LogP contribution in [0.25, 0.3) is 0 Å². The Hall–Kier alpha value is -0.860. The Morgan fingerprint density at radius 2 is 1.94 bits per heavy atom. The molecular weight excluding hydrogens is 198 g/mol. The lowest BCUT2D eigenvalue weighted by Gasteiger charge is -2.61. The van der Waals surface area contributed by atoms with Crippen LogP contribution in [0.4, 0.5) is 0 Å². The van der Waals surface area contributed by atoms with Crippen LogP contribution in [0.2, 0.25) is 0 Å². The van der Waals surface area contributed by atoms with E-state index in [2.05, 4.69) is 0 Å². The van der Waals surface area contributed by atoms with Crippen LogP contribution < -0.4 is 5.73 Å². The molecule has 2 aliphatic rings. The van der Waals surface area contributed by atoms with E-state index in [0.717, 1.165) is 24.8 Å². The predicted molar refractivity (Wildman–Crippen MR) is 63.8 cm³/mol. The quantitative estimate of drug-likeness (QED) is 0.757. The van der Waals surface area contributed by atoms with E-state index < -0.39 is 5.60 Å². The molecule has 0 saturated heterocycles. The second-order valence-electron chi connectivity index (χ2n) is 5.50. The van der Waals surface area contributed by atoms with Gasteiger partial charge in [-0.2, -0.15) is 0 Å². The van der Waals surface area contributed by atoms with Crippen molar-refractivity contribution in [1.82, 2.24) is 0 Å². The molecule has 1 aromatic rings. The summed E-state index contributed by atoms with van der Waals surface area (Å²) in [4.78, 5) is 0. The molecule has 0 radical (unpaired) electrons. The summed E-state index contributed by atoms with van der Waals surface area (Å²) in [7, 11) is 0. The van der Waals surface area contributed by atoms with Crippen molar-refractivity contribution < 1.29 is 5.11 Å². The van der Waals surface area contributed by atoms with Gasteiger partial charge in [0.15, 0.2) is 0 Å². The molecule has 2 nitrogen and oxygen atoms in total. The van der Waals surface area contributed by atoms with E-state index in [1.807, 2.05) is 30.3 Å². The number of hydrogen-bond donors (Lipinski definition) is 2. The average molecular weight is 217 g/mol. The van der Waals surface area contributed by atoms with Crippen LogP contribution >= 0.6 is 0 Å². The molecular formula is C14H19NO. The van der Waals surface area contributed by atoms with Crippen LogP contribution in [0.1, 0.15) is 37.7 Å². The molecule has 0 aliphatic heterocycles. The van der Waals surface area contributed by atoms with E-state index >= 15 is 0 Å². The summed E-state index contributed by atoms with van der Waals surface area (Å²) in [5, 5.41) is 10.8. The largest absolute Gasteiger partial charge is 0.385 e. The van der Waals surface area contributed by atoms with E-state index in [9.17, 15) is 5.11 Å². The number of fused-ring (bicyclic) bond motifs is 1. The highest BCUT2D eigenvalue weighted by atomic mass is 16.3. The van der Waals surface area contributed by atoms with E-state index in [-0.39, 0.29) is 11.5 Å². The maximum absolute atomic E-state index is 10.8. The maximum atomic E-state index is 10.8. The van der Waals surface area contributed by atoms with Gasteiger partial charge in [-0.15, -0.1) is 0 Å². The Morgan fingerprint density at radius 3 is 2.62 bits per heavy atom. The van der Waals surface area contributed by atoms with Crippen LogP contribution in [-0.4, -0.2) is 10.6 Å². The summed E-state index contributed by atoms with van der Waals surface area (Å²) in [6.45, 7) is 0. The molecule has 0 aromatic heterocycles. The van der Waals surface area contributed by atoms with Gasteiger partial charge in [-0.1, -0.05) is 43.2 Å². The molecule has 0 spiro atoms. The van der Waals surface area contributed by atoms with Gasteiger partial charge < -0.3 is 10.8 Å².